The van der Waals surface area contributed by atoms with E-state index < -0.39 is 0 Å². The molecule has 1 N–H and O–H groups in total. The molecule has 1 heterocycles. The Balaban J connectivity index is 1.92. The topological polar surface area (TPSA) is 59.8 Å². The molecule has 5 nitrogen and oxygen atoms in total. The molecule has 0 atom stereocenters. The zero-order valence-electron chi connectivity index (χ0n) is 16.9. The number of benzene rings is 2. The van der Waals surface area contributed by atoms with Gasteiger partial charge in [0.05, 0.1) is 12.2 Å². The third-order valence-electron chi connectivity index (χ3n) is 4.65. The molecular weight excluding hydrogens is 404 g/mol. The number of hydrogen-bond donors (Lipinski definition) is 1. The van der Waals surface area contributed by atoms with Gasteiger partial charge >= 0.3 is 0 Å². The van der Waals surface area contributed by atoms with Crippen LogP contribution in [-0.2, 0) is 17.1 Å². The summed E-state index contributed by atoms with van der Waals surface area (Å²) in [4.78, 5) is 11.9. The van der Waals surface area contributed by atoms with E-state index in [2.05, 4.69) is 34.6 Å². The molecule has 1 aromatic heterocycles. The van der Waals surface area contributed by atoms with Crippen molar-refractivity contribution in [2.24, 2.45) is 0 Å². The first-order chi connectivity index (χ1) is 14.0. The first kappa shape index (κ1) is 21.4. The molecule has 2 aromatic carbocycles. The SMILES string of the molecule is CCCC(=O)NCc1nnc(SCc2ccccc2C)n1-c1cc(Cl)ccc1C. The lowest BCUT2D eigenvalue weighted by molar-refractivity contribution is -0.121. The number of thioether (sulfide) groups is 1. The van der Waals surface area contributed by atoms with Crippen molar-refractivity contribution in [3.05, 3.63) is 70.0 Å². The number of carbonyl (C=O) groups is 1. The predicted octanol–water partition coefficient (Wildman–Crippen LogP) is 5.25. The maximum Gasteiger partial charge on any atom is 0.220 e. The Kier molecular flexibility index (Phi) is 7.34. The number of aryl methyl sites for hydroxylation is 2. The van der Waals surface area contributed by atoms with Crippen molar-refractivity contribution >= 4 is 29.3 Å². The molecule has 0 aliphatic rings. The molecule has 0 unspecified atom stereocenters. The first-order valence-electron chi connectivity index (χ1n) is 9.64. The molecule has 152 valence electrons. The molecule has 3 rings (SSSR count). The number of nitrogens with zero attached hydrogens (tertiary/aromatic N) is 3. The van der Waals surface area contributed by atoms with Crippen LogP contribution in [0.1, 0.15) is 42.3 Å². The van der Waals surface area contributed by atoms with Crippen molar-refractivity contribution in [2.75, 3.05) is 0 Å². The molecule has 3 aromatic rings. The molecule has 7 heteroatoms. The van der Waals surface area contributed by atoms with Gasteiger partial charge in [-0.1, -0.05) is 60.6 Å². The highest BCUT2D eigenvalue weighted by molar-refractivity contribution is 7.98. The summed E-state index contributed by atoms with van der Waals surface area (Å²) in [7, 11) is 0. The number of hydrogen-bond acceptors (Lipinski definition) is 4. The number of nitrogens with one attached hydrogen (secondary N) is 1. The van der Waals surface area contributed by atoms with Crippen LogP contribution in [0.15, 0.2) is 47.6 Å². The Morgan fingerprint density at radius 2 is 1.93 bits per heavy atom. The van der Waals surface area contributed by atoms with Crippen LogP contribution in [0, 0.1) is 13.8 Å². The molecule has 0 aliphatic carbocycles. The molecule has 0 saturated heterocycles. The minimum atomic E-state index is 0.0129. The molecule has 0 bridgehead atoms. The van der Waals surface area contributed by atoms with E-state index >= 15 is 0 Å². The van der Waals surface area contributed by atoms with Crippen LogP contribution in [-0.4, -0.2) is 20.7 Å². The van der Waals surface area contributed by atoms with Crippen LogP contribution in [0.3, 0.4) is 0 Å². The van der Waals surface area contributed by atoms with Crippen LogP contribution >= 0.6 is 23.4 Å². The van der Waals surface area contributed by atoms with Crippen molar-refractivity contribution in [1.29, 1.82) is 0 Å². The minimum Gasteiger partial charge on any atom is -0.349 e. The standard InChI is InChI=1S/C22H25ClN4OS/c1-4-7-21(28)24-13-20-25-26-22(29-14-17-9-6-5-8-15(17)2)27(20)19-12-18(23)11-10-16(19)3/h5-6,8-12H,4,7,13-14H2,1-3H3,(H,24,28). The first-order valence-corrected chi connectivity index (χ1v) is 11.0. The quantitative estimate of drug-likeness (QED) is 0.498. The number of rotatable bonds is 8. The highest BCUT2D eigenvalue weighted by Gasteiger charge is 2.17. The van der Waals surface area contributed by atoms with Gasteiger partial charge in [0, 0.05) is 17.2 Å². The van der Waals surface area contributed by atoms with E-state index in [0.717, 1.165) is 28.6 Å². The van der Waals surface area contributed by atoms with Gasteiger partial charge in [-0.3, -0.25) is 9.36 Å². The number of carbonyl (C=O) groups excluding carboxylic acids is 1. The van der Waals surface area contributed by atoms with Crippen molar-refractivity contribution in [3.8, 4) is 5.69 Å². The number of halogens is 1. The Morgan fingerprint density at radius 1 is 1.14 bits per heavy atom. The van der Waals surface area contributed by atoms with Gasteiger partial charge in [-0.2, -0.15) is 0 Å². The van der Waals surface area contributed by atoms with Gasteiger partial charge in [0.25, 0.3) is 0 Å². The maximum atomic E-state index is 11.9. The van der Waals surface area contributed by atoms with Crippen LogP contribution in [0.25, 0.3) is 5.69 Å². The van der Waals surface area contributed by atoms with Crippen molar-refractivity contribution in [2.45, 2.75) is 51.1 Å². The fourth-order valence-electron chi connectivity index (χ4n) is 2.98. The van der Waals surface area contributed by atoms with Gasteiger partial charge in [-0.15, -0.1) is 10.2 Å². The Labute approximate surface area is 180 Å². The Morgan fingerprint density at radius 3 is 2.69 bits per heavy atom. The third kappa shape index (κ3) is 5.40. The average Bonchev–Trinajstić information content (AvgIpc) is 3.10. The lowest BCUT2D eigenvalue weighted by Crippen LogP contribution is -2.24. The smallest absolute Gasteiger partial charge is 0.220 e. The molecule has 0 aliphatic heterocycles. The van der Waals surface area contributed by atoms with Gasteiger partial charge in [0.15, 0.2) is 11.0 Å². The summed E-state index contributed by atoms with van der Waals surface area (Å²) in [5, 5.41) is 13.1. The fraction of sp³-hybridized carbons (Fsp3) is 0.318. The summed E-state index contributed by atoms with van der Waals surface area (Å²) in [5.74, 6) is 1.48. The van der Waals surface area contributed by atoms with Crippen LogP contribution < -0.4 is 5.32 Å². The lowest BCUT2D eigenvalue weighted by atomic mass is 10.1. The second-order valence-electron chi connectivity index (χ2n) is 6.91. The fourth-order valence-corrected chi connectivity index (χ4v) is 4.19. The lowest BCUT2D eigenvalue weighted by Gasteiger charge is -2.14. The summed E-state index contributed by atoms with van der Waals surface area (Å²) in [6, 6.07) is 14.1. The van der Waals surface area contributed by atoms with E-state index in [4.69, 9.17) is 11.6 Å². The van der Waals surface area contributed by atoms with E-state index in [1.165, 1.54) is 11.1 Å². The van der Waals surface area contributed by atoms with Crippen molar-refractivity contribution < 1.29 is 4.79 Å². The highest BCUT2D eigenvalue weighted by Crippen LogP contribution is 2.29. The van der Waals surface area contributed by atoms with Crippen LogP contribution in [0.5, 0.6) is 0 Å². The molecule has 29 heavy (non-hydrogen) atoms. The zero-order valence-corrected chi connectivity index (χ0v) is 18.5. The van der Waals surface area contributed by atoms with E-state index in [0.29, 0.717) is 23.8 Å². The van der Waals surface area contributed by atoms with Gasteiger partial charge in [-0.05, 0) is 49.1 Å². The van der Waals surface area contributed by atoms with Gasteiger partial charge in [0.2, 0.25) is 5.91 Å². The molecule has 0 spiro atoms. The monoisotopic (exact) mass is 428 g/mol. The highest BCUT2D eigenvalue weighted by atomic mass is 35.5. The second-order valence-corrected chi connectivity index (χ2v) is 8.29. The average molecular weight is 429 g/mol. The van der Waals surface area contributed by atoms with E-state index in [1.807, 2.05) is 48.7 Å². The molecule has 0 fully saturated rings. The summed E-state index contributed by atoms with van der Waals surface area (Å²) in [6.45, 7) is 6.44. The van der Waals surface area contributed by atoms with Crippen molar-refractivity contribution in [3.63, 3.8) is 0 Å². The Bertz CT molecular complexity index is 1000. The third-order valence-corrected chi connectivity index (χ3v) is 5.86. The van der Waals surface area contributed by atoms with Crippen molar-refractivity contribution in [1.82, 2.24) is 20.1 Å². The predicted molar refractivity (Wildman–Crippen MR) is 119 cm³/mol. The number of aromatic nitrogens is 3. The zero-order chi connectivity index (χ0) is 20.8. The van der Waals surface area contributed by atoms with Gasteiger partial charge in [0.1, 0.15) is 0 Å². The molecule has 0 saturated carbocycles. The van der Waals surface area contributed by atoms with E-state index in [1.54, 1.807) is 11.8 Å². The molecule has 1 amide bonds. The van der Waals surface area contributed by atoms with Gasteiger partial charge in [-0.25, -0.2) is 0 Å². The van der Waals surface area contributed by atoms with Gasteiger partial charge < -0.3 is 5.32 Å². The van der Waals surface area contributed by atoms with E-state index in [-0.39, 0.29) is 5.91 Å². The largest absolute Gasteiger partial charge is 0.349 e. The molecular formula is C22H25ClN4OS. The van der Waals surface area contributed by atoms with Crippen LogP contribution in [0.4, 0.5) is 0 Å². The summed E-state index contributed by atoms with van der Waals surface area (Å²) < 4.78 is 2.00. The maximum absolute atomic E-state index is 11.9. The number of amides is 1. The second kappa shape index (κ2) is 9.94. The Hall–Kier alpha value is -2.31. The minimum absolute atomic E-state index is 0.0129. The van der Waals surface area contributed by atoms with E-state index in [9.17, 15) is 4.79 Å². The summed E-state index contributed by atoms with van der Waals surface area (Å²) in [5.41, 5.74) is 4.49. The summed E-state index contributed by atoms with van der Waals surface area (Å²) >= 11 is 7.89. The summed E-state index contributed by atoms with van der Waals surface area (Å²) in [6.07, 6.45) is 1.31. The van der Waals surface area contributed by atoms with Crippen LogP contribution in [0.2, 0.25) is 5.02 Å². The normalized spacial score (nSPS) is 10.9. The molecule has 0 radical (unpaired) electrons.